The van der Waals surface area contributed by atoms with Gasteiger partial charge in [-0.15, -0.1) is 0 Å². The average Bonchev–Trinajstić information content (AvgIpc) is 2.86. The molecule has 0 N–H and O–H groups in total. The fourth-order valence-electron chi connectivity index (χ4n) is 3.54. The Balaban J connectivity index is 1.26. The molecule has 0 aliphatic rings. The van der Waals surface area contributed by atoms with Crippen molar-refractivity contribution in [2.45, 2.75) is 0 Å². The number of hydrogen-bond donors (Lipinski definition) is 0. The Morgan fingerprint density at radius 3 is 0.812 bits per heavy atom. The van der Waals surface area contributed by atoms with E-state index in [9.17, 15) is 0 Å². The highest BCUT2D eigenvalue weighted by Crippen LogP contribution is 2.29. The monoisotopic (exact) mass is 414 g/mol. The zero-order valence-corrected chi connectivity index (χ0v) is 17.5. The molecule has 0 amide bonds. The molecular formula is C30H22O2. The van der Waals surface area contributed by atoms with Crippen molar-refractivity contribution >= 4 is 0 Å². The van der Waals surface area contributed by atoms with E-state index in [1.165, 1.54) is 11.1 Å². The summed E-state index contributed by atoms with van der Waals surface area (Å²) in [6.07, 6.45) is 0. The van der Waals surface area contributed by atoms with Crippen molar-refractivity contribution in [3.8, 4) is 45.3 Å². The van der Waals surface area contributed by atoms with Crippen LogP contribution in [0.4, 0.5) is 0 Å². The SMILES string of the molecule is c1ccc(Oc2ccc(-c3ccc(-c4ccc(Oc5ccccc5)cc4)cc3)cc2)cc1. The Morgan fingerprint density at radius 1 is 0.250 bits per heavy atom. The summed E-state index contributed by atoms with van der Waals surface area (Å²) in [6.45, 7) is 0. The van der Waals surface area contributed by atoms with Crippen molar-refractivity contribution in [1.82, 2.24) is 0 Å². The van der Waals surface area contributed by atoms with E-state index < -0.39 is 0 Å². The van der Waals surface area contributed by atoms with Gasteiger partial charge in [-0.25, -0.2) is 0 Å². The largest absolute Gasteiger partial charge is 0.457 e. The summed E-state index contributed by atoms with van der Waals surface area (Å²) in [5.41, 5.74) is 4.65. The Bertz CT molecular complexity index is 1160. The lowest BCUT2D eigenvalue weighted by molar-refractivity contribution is 0.482. The Kier molecular flexibility index (Phi) is 5.67. The molecule has 5 aromatic carbocycles. The molecule has 0 aliphatic carbocycles. The summed E-state index contributed by atoms with van der Waals surface area (Å²) in [5.74, 6) is 3.33. The molecule has 0 aliphatic heterocycles. The molecular weight excluding hydrogens is 392 g/mol. The second-order valence-corrected chi connectivity index (χ2v) is 7.46. The maximum Gasteiger partial charge on any atom is 0.127 e. The lowest BCUT2D eigenvalue weighted by Crippen LogP contribution is -1.85. The minimum absolute atomic E-state index is 0.828. The van der Waals surface area contributed by atoms with Crippen molar-refractivity contribution in [2.75, 3.05) is 0 Å². The van der Waals surface area contributed by atoms with Crippen LogP contribution in [0.5, 0.6) is 23.0 Å². The molecule has 0 aromatic heterocycles. The first-order chi connectivity index (χ1) is 15.8. The van der Waals surface area contributed by atoms with Gasteiger partial charge in [0.05, 0.1) is 0 Å². The highest BCUT2D eigenvalue weighted by atomic mass is 16.5. The van der Waals surface area contributed by atoms with E-state index in [-0.39, 0.29) is 0 Å². The van der Waals surface area contributed by atoms with Crippen LogP contribution in [0.3, 0.4) is 0 Å². The fraction of sp³-hybridized carbons (Fsp3) is 0. The van der Waals surface area contributed by atoms with Gasteiger partial charge in [0.1, 0.15) is 23.0 Å². The molecule has 2 nitrogen and oxygen atoms in total. The Morgan fingerprint density at radius 2 is 0.500 bits per heavy atom. The lowest BCUT2D eigenvalue weighted by atomic mass is 10.0. The molecule has 5 rings (SSSR count). The third kappa shape index (κ3) is 4.71. The normalized spacial score (nSPS) is 10.5. The Labute approximate surface area is 188 Å². The first kappa shape index (κ1) is 19.7. The minimum Gasteiger partial charge on any atom is -0.457 e. The van der Waals surface area contributed by atoms with Gasteiger partial charge in [0.2, 0.25) is 0 Å². The van der Waals surface area contributed by atoms with Crippen LogP contribution in [0.1, 0.15) is 0 Å². The van der Waals surface area contributed by atoms with E-state index in [1.807, 2.05) is 84.9 Å². The van der Waals surface area contributed by atoms with Gasteiger partial charge < -0.3 is 9.47 Å². The van der Waals surface area contributed by atoms with Gasteiger partial charge in [0, 0.05) is 0 Å². The summed E-state index contributed by atoms with van der Waals surface area (Å²) in [4.78, 5) is 0. The molecule has 154 valence electrons. The number of rotatable bonds is 6. The van der Waals surface area contributed by atoms with Gasteiger partial charge in [0.15, 0.2) is 0 Å². The topological polar surface area (TPSA) is 18.5 Å². The van der Waals surface area contributed by atoms with Gasteiger partial charge in [-0.2, -0.15) is 0 Å². The maximum atomic E-state index is 5.88. The summed E-state index contributed by atoms with van der Waals surface area (Å²) in [6, 6.07) is 44.6. The first-order valence-corrected chi connectivity index (χ1v) is 10.6. The first-order valence-electron chi connectivity index (χ1n) is 10.6. The average molecular weight is 415 g/mol. The number of ether oxygens (including phenoxy) is 2. The van der Waals surface area contributed by atoms with Crippen molar-refractivity contribution in [3.63, 3.8) is 0 Å². The number of benzene rings is 5. The van der Waals surface area contributed by atoms with Gasteiger partial charge in [-0.3, -0.25) is 0 Å². The molecule has 0 atom stereocenters. The zero-order chi connectivity index (χ0) is 21.6. The van der Waals surface area contributed by atoms with Gasteiger partial charge in [-0.1, -0.05) is 84.9 Å². The van der Waals surface area contributed by atoms with Crippen LogP contribution in [0.2, 0.25) is 0 Å². The van der Waals surface area contributed by atoms with Crippen molar-refractivity contribution in [3.05, 3.63) is 133 Å². The molecule has 0 fully saturated rings. The molecule has 0 unspecified atom stereocenters. The molecule has 0 spiro atoms. The molecule has 2 heteroatoms. The summed E-state index contributed by atoms with van der Waals surface area (Å²) in [7, 11) is 0. The van der Waals surface area contributed by atoms with E-state index in [0.29, 0.717) is 0 Å². The van der Waals surface area contributed by atoms with Crippen LogP contribution in [0, 0.1) is 0 Å². The van der Waals surface area contributed by atoms with Gasteiger partial charge >= 0.3 is 0 Å². The molecule has 0 heterocycles. The second kappa shape index (κ2) is 9.23. The van der Waals surface area contributed by atoms with Gasteiger partial charge in [-0.05, 0) is 70.8 Å². The summed E-state index contributed by atoms with van der Waals surface area (Å²) < 4.78 is 11.8. The van der Waals surface area contributed by atoms with E-state index in [1.54, 1.807) is 0 Å². The maximum absolute atomic E-state index is 5.88. The third-order valence-electron chi connectivity index (χ3n) is 5.22. The van der Waals surface area contributed by atoms with Crippen LogP contribution >= 0.6 is 0 Å². The Hall–Kier alpha value is -4.30. The quantitative estimate of drug-likeness (QED) is 0.277. The second-order valence-electron chi connectivity index (χ2n) is 7.46. The van der Waals surface area contributed by atoms with E-state index in [0.717, 1.165) is 34.1 Å². The molecule has 0 radical (unpaired) electrons. The third-order valence-corrected chi connectivity index (χ3v) is 5.22. The van der Waals surface area contributed by atoms with Crippen LogP contribution in [0.15, 0.2) is 133 Å². The molecule has 0 saturated carbocycles. The number of hydrogen-bond acceptors (Lipinski definition) is 2. The summed E-state index contributed by atoms with van der Waals surface area (Å²) in [5, 5.41) is 0. The fourth-order valence-corrected chi connectivity index (χ4v) is 3.54. The zero-order valence-electron chi connectivity index (χ0n) is 17.5. The van der Waals surface area contributed by atoms with Crippen molar-refractivity contribution in [2.24, 2.45) is 0 Å². The van der Waals surface area contributed by atoms with Crippen molar-refractivity contribution in [1.29, 1.82) is 0 Å². The van der Waals surface area contributed by atoms with Crippen molar-refractivity contribution < 1.29 is 9.47 Å². The standard InChI is InChI=1S/C30H22O2/c1-3-7-27(8-4-1)31-29-19-15-25(16-20-29)23-11-13-24(14-12-23)26-17-21-30(22-18-26)32-28-9-5-2-6-10-28/h1-22H. The predicted molar refractivity (Wildman–Crippen MR) is 130 cm³/mol. The molecule has 0 saturated heterocycles. The highest BCUT2D eigenvalue weighted by Gasteiger charge is 2.03. The smallest absolute Gasteiger partial charge is 0.127 e. The van der Waals surface area contributed by atoms with E-state index in [2.05, 4.69) is 48.5 Å². The number of para-hydroxylation sites is 2. The van der Waals surface area contributed by atoms with Crippen LogP contribution in [0.25, 0.3) is 22.3 Å². The van der Waals surface area contributed by atoms with E-state index >= 15 is 0 Å². The lowest BCUT2D eigenvalue weighted by Gasteiger charge is -2.09. The molecule has 32 heavy (non-hydrogen) atoms. The highest BCUT2D eigenvalue weighted by molar-refractivity contribution is 5.71. The summed E-state index contributed by atoms with van der Waals surface area (Å²) >= 11 is 0. The van der Waals surface area contributed by atoms with Crippen LogP contribution < -0.4 is 9.47 Å². The van der Waals surface area contributed by atoms with Crippen LogP contribution in [-0.4, -0.2) is 0 Å². The van der Waals surface area contributed by atoms with Crippen LogP contribution in [-0.2, 0) is 0 Å². The predicted octanol–water partition coefficient (Wildman–Crippen LogP) is 8.61. The van der Waals surface area contributed by atoms with Gasteiger partial charge in [0.25, 0.3) is 0 Å². The van der Waals surface area contributed by atoms with E-state index in [4.69, 9.17) is 9.47 Å². The molecule has 0 bridgehead atoms. The minimum atomic E-state index is 0.828. The molecule has 5 aromatic rings.